The van der Waals surface area contributed by atoms with E-state index in [1.807, 2.05) is 0 Å². The van der Waals surface area contributed by atoms with Crippen LogP contribution in [0.25, 0.3) is 0 Å². The van der Waals surface area contributed by atoms with Crippen LogP contribution in [0.3, 0.4) is 0 Å². The minimum atomic E-state index is 0. The van der Waals surface area contributed by atoms with Crippen molar-refractivity contribution in [1.82, 2.24) is 0 Å². The van der Waals surface area contributed by atoms with Gasteiger partial charge >= 0.3 is 0 Å². The van der Waals surface area contributed by atoms with Gasteiger partial charge in [-0.25, -0.2) is 0 Å². The molecule has 0 fully saturated rings. The van der Waals surface area contributed by atoms with Crippen molar-refractivity contribution in [2.24, 2.45) is 0 Å². The van der Waals surface area contributed by atoms with Crippen molar-refractivity contribution in [3.8, 4) is 0 Å². The quantitative estimate of drug-likeness (QED) is 0.416. The van der Waals surface area contributed by atoms with Gasteiger partial charge in [0.25, 0.3) is 0 Å². The van der Waals surface area contributed by atoms with Crippen molar-refractivity contribution in [1.29, 1.82) is 0 Å². The van der Waals surface area contributed by atoms with Gasteiger partial charge in [0.2, 0.25) is 0 Å². The van der Waals surface area contributed by atoms with Crippen molar-refractivity contribution < 1.29 is 169 Å². The van der Waals surface area contributed by atoms with Gasteiger partial charge in [-0.2, -0.15) is 0 Å². The molecule has 9 heteroatoms. The van der Waals surface area contributed by atoms with Crippen LogP contribution in [0.2, 0.25) is 0 Å². The predicted octanol–water partition coefficient (Wildman–Crippen LogP) is -0.0225. The molecule has 0 aromatic rings. The molecule has 0 aliphatic heterocycles. The van der Waals surface area contributed by atoms with E-state index in [9.17, 15) is 0 Å². The standard InChI is InChI=1S/2Co.3Fe.3Ti.Zn. The zero-order valence-corrected chi connectivity index (χ0v) is 17.0. The second kappa shape index (κ2) is 71.3. The molecule has 0 N–H and O–H groups in total. The molecule has 0 aliphatic rings. The first-order valence-corrected chi connectivity index (χ1v) is 0. The largest absolute Gasteiger partial charge is 0 e. The molecule has 0 aromatic carbocycles. The molecule has 0 heterocycles. The van der Waals surface area contributed by atoms with Gasteiger partial charge in [0, 0.05) is 169 Å². The summed E-state index contributed by atoms with van der Waals surface area (Å²) in [7, 11) is 0. The van der Waals surface area contributed by atoms with Crippen LogP contribution in [0.5, 0.6) is 0 Å². The second-order valence-electron chi connectivity index (χ2n) is 0. The Morgan fingerprint density at radius 1 is 0.444 bits per heavy atom. The molecule has 0 spiro atoms. The van der Waals surface area contributed by atoms with E-state index in [2.05, 4.69) is 0 Å². The van der Waals surface area contributed by atoms with Gasteiger partial charge in [0.1, 0.15) is 0 Å². The summed E-state index contributed by atoms with van der Waals surface area (Å²) in [5, 5.41) is 0. The minimum absolute atomic E-state index is 0. The average Bonchev–Trinajstić information content (AvgIpc) is 0. The zero-order chi connectivity index (χ0) is 0. The molecule has 0 aliphatic carbocycles. The number of rotatable bonds is 0. The van der Waals surface area contributed by atoms with E-state index in [0.717, 1.165) is 0 Å². The van der Waals surface area contributed by atoms with E-state index in [1.54, 1.807) is 0 Å². The minimum Gasteiger partial charge on any atom is 0 e. The Morgan fingerprint density at radius 2 is 0.444 bits per heavy atom. The molecule has 0 atom stereocenters. The van der Waals surface area contributed by atoms with Crippen LogP contribution in [0, 0.1) is 0 Å². The summed E-state index contributed by atoms with van der Waals surface area (Å²) in [5.41, 5.74) is 0. The molecule has 9 heavy (non-hydrogen) atoms. The van der Waals surface area contributed by atoms with Crippen molar-refractivity contribution in [2.45, 2.75) is 0 Å². The summed E-state index contributed by atoms with van der Waals surface area (Å²) in [4.78, 5) is 0. The molecule has 0 aromatic heterocycles. The first kappa shape index (κ1) is 89.5. The Kier molecular flexibility index (Phi) is 709. The Morgan fingerprint density at radius 3 is 0.444 bits per heavy atom. The molecular weight excluding hydrogens is 494 g/mol. The van der Waals surface area contributed by atoms with E-state index in [1.165, 1.54) is 0 Å². The van der Waals surface area contributed by atoms with E-state index in [4.69, 9.17) is 0 Å². The molecule has 2 radical (unpaired) electrons. The van der Waals surface area contributed by atoms with Crippen LogP contribution >= 0.6 is 0 Å². The Bertz CT molecular complexity index is 17.0. The summed E-state index contributed by atoms with van der Waals surface area (Å²) in [6.07, 6.45) is 0. The Hall–Kier alpha value is 5.34. The van der Waals surface area contributed by atoms with Crippen molar-refractivity contribution in [3.63, 3.8) is 0 Å². The topological polar surface area (TPSA) is 0 Å². The molecule has 56 valence electrons. The van der Waals surface area contributed by atoms with Crippen molar-refractivity contribution in [3.05, 3.63) is 0 Å². The van der Waals surface area contributed by atoms with Crippen LogP contribution in [0.1, 0.15) is 0 Å². The van der Waals surface area contributed by atoms with Crippen molar-refractivity contribution >= 4 is 0 Å². The third kappa shape index (κ3) is 60.2. The molecule has 0 saturated heterocycles. The van der Waals surface area contributed by atoms with Crippen LogP contribution in [-0.4, -0.2) is 0 Å². The summed E-state index contributed by atoms with van der Waals surface area (Å²) in [6.45, 7) is 0. The fraction of sp³-hybridized carbons (Fsp3) is 0. The SMILES string of the molecule is [Co].[Co].[Fe].[Fe].[Fe].[Ti].[Ti].[Ti].[Zn]. The zero-order valence-electron chi connectivity index (χ0n) is 3.93. The van der Waals surface area contributed by atoms with Crippen LogP contribution in [-0.2, 0) is 169 Å². The number of hydrogen-bond acceptors (Lipinski definition) is 0. The molecule has 0 unspecified atom stereocenters. The summed E-state index contributed by atoms with van der Waals surface area (Å²) in [6, 6.07) is 0. The molecular formula is Co2Fe3Ti3Zn. The normalized spacial score (nSPS) is 0. The van der Waals surface area contributed by atoms with Gasteiger partial charge in [0.05, 0.1) is 0 Å². The first-order valence-electron chi connectivity index (χ1n) is 0. The Labute approximate surface area is 166 Å². The van der Waals surface area contributed by atoms with Gasteiger partial charge in [0.15, 0.2) is 0 Å². The van der Waals surface area contributed by atoms with Crippen LogP contribution in [0.15, 0.2) is 0 Å². The maximum Gasteiger partial charge on any atom is 0 e. The van der Waals surface area contributed by atoms with Gasteiger partial charge in [-0.15, -0.1) is 0 Å². The third-order valence-corrected chi connectivity index (χ3v) is 0. The predicted molar refractivity (Wildman–Crippen MR) is 0 cm³/mol. The van der Waals surface area contributed by atoms with E-state index in [-0.39, 0.29) is 169 Å². The second-order valence-corrected chi connectivity index (χ2v) is 0. The van der Waals surface area contributed by atoms with Gasteiger partial charge in [-0.3, -0.25) is 0 Å². The van der Waals surface area contributed by atoms with E-state index >= 15 is 0 Å². The van der Waals surface area contributed by atoms with Gasteiger partial charge in [-0.05, 0) is 0 Å². The smallest absolute Gasteiger partial charge is 0 e. The molecule has 0 nitrogen and oxygen atoms in total. The summed E-state index contributed by atoms with van der Waals surface area (Å²) in [5.74, 6) is 0. The van der Waals surface area contributed by atoms with Crippen LogP contribution in [0.4, 0.5) is 0 Å². The maximum atomic E-state index is 0. The van der Waals surface area contributed by atoms with E-state index < -0.39 is 0 Å². The van der Waals surface area contributed by atoms with Gasteiger partial charge < -0.3 is 0 Å². The van der Waals surface area contributed by atoms with E-state index in [0.29, 0.717) is 0 Å². The third-order valence-electron chi connectivity index (χ3n) is 0. The fourth-order valence-electron chi connectivity index (χ4n) is 0. The fourth-order valence-corrected chi connectivity index (χ4v) is 0. The summed E-state index contributed by atoms with van der Waals surface area (Å²) >= 11 is 0. The Balaban J connectivity index is 0. The summed E-state index contributed by atoms with van der Waals surface area (Å²) < 4.78 is 0. The average molecular weight is 494 g/mol. The molecule has 0 rings (SSSR count). The van der Waals surface area contributed by atoms with Crippen LogP contribution < -0.4 is 0 Å². The monoisotopic (exact) mass is 493 g/mol. The maximum absolute atomic E-state index is 0. The number of hydrogen-bond donors (Lipinski definition) is 0. The molecule has 0 amide bonds. The van der Waals surface area contributed by atoms with Gasteiger partial charge in [-0.1, -0.05) is 0 Å². The molecule has 0 bridgehead atoms. The van der Waals surface area contributed by atoms with Crippen molar-refractivity contribution in [2.75, 3.05) is 0 Å². The molecule has 0 saturated carbocycles. The first-order chi connectivity index (χ1) is 0.